The Morgan fingerprint density at radius 3 is 2.52 bits per heavy atom. The maximum atomic E-state index is 13.1. The number of halogens is 1. The van der Waals surface area contributed by atoms with E-state index in [2.05, 4.69) is 5.32 Å². The highest BCUT2D eigenvalue weighted by Crippen LogP contribution is 2.27. The van der Waals surface area contributed by atoms with E-state index in [1.54, 1.807) is 13.8 Å². The molecular formula is C17H15FN2O5. The van der Waals surface area contributed by atoms with Crippen molar-refractivity contribution in [2.75, 3.05) is 11.9 Å². The number of ether oxygens (including phenoxy) is 1. The van der Waals surface area contributed by atoms with Gasteiger partial charge in [0.1, 0.15) is 11.5 Å². The molecule has 0 aliphatic rings. The lowest BCUT2D eigenvalue weighted by molar-refractivity contribution is -0.384. The summed E-state index contributed by atoms with van der Waals surface area (Å²) in [5.41, 5.74) is 1.19. The fourth-order valence-electron chi connectivity index (χ4n) is 2.07. The van der Waals surface area contributed by atoms with E-state index in [9.17, 15) is 24.1 Å². The first-order valence-corrected chi connectivity index (χ1v) is 7.26. The lowest BCUT2D eigenvalue weighted by atomic mass is 10.1. The highest BCUT2D eigenvalue weighted by atomic mass is 19.1. The Labute approximate surface area is 142 Å². The van der Waals surface area contributed by atoms with Gasteiger partial charge in [-0.05, 0) is 49.2 Å². The Bertz CT molecular complexity index is 851. The SMILES string of the molecule is Cc1cc(NC(=O)COC(=O)c2cccc(F)c2)c([N+](=O)[O-])cc1C. The number of aryl methyl sites for hydroxylation is 2. The monoisotopic (exact) mass is 346 g/mol. The third-order valence-corrected chi connectivity index (χ3v) is 3.48. The van der Waals surface area contributed by atoms with Gasteiger partial charge in [-0.25, -0.2) is 9.18 Å². The topological polar surface area (TPSA) is 98.5 Å². The van der Waals surface area contributed by atoms with Gasteiger partial charge in [0.25, 0.3) is 11.6 Å². The first-order chi connectivity index (χ1) is 11.8. The van der Waals surface area contributed by atoms with Gasteiger partial charge in [-0.1, -0.05) is 6.07 Å². The van der Waals surface area contributed by atoms with Gasteiger partial charge in [-0.3, -0.25) is 14.9 Å². The van der Waals surface area contributed by atoms with Gasteiger partial charge < -0.3 is 10.1 Å². The first kappa shape index (κ1) is 18.1. The molecule has 7 nitrogen and oxygen atoms in total. The van der Waals surface area contributed by atoms with Gasteiger partial charge >= 0.3 is 5.97 Å². The molecule has 2 aromatic carbocycles. The van der Waals surface area contributed by atoms with Crippen molar-refractivity contribution in [1.29, 1.82) is 0 Å². The number of carbonyl (C=O) groups excluding carboxylic acids is 2. The van der Waals surface area contributed by atoms with Crippen LogP contribution < -0.4 is 5.32 Å². The normalized spacial score (nSPS) is 10.2. The fraction of sp³-hybridized carbons (Fsp3) is 0.176. The van der Waals surface area contributed by atoms with Crippen LogP contribution in [0, 0.1) is 29.8 Å². The van der Waals surface area contributed by atoms with Crippen LogP contribution in [0.15, 0.2) is 36.4 Å². The number of nitro groups is 1. The molecule has 0 atom stereocenters. The van der Waals surface area contributed by atoms with Crippen LogP contribution in [0.4, 0.5) is 15.8 Å². The molecule has 0 heterocycles. The summed E-state index contributed by atoms with van der Waals surface area (Å²) in [7, 11) is 0. The summed E-state index contributed by atoms with van der Waals surface area (Å²) >= 11 is 0. The molecular weight excluding hydrogens is 331 g/mol. The number of benzene rings is 2. The molecule has 8 heteroatoms. The van der Waals surface area contributed by atoms with Crippen molar-refractivity contribution in [3.8, 4) is 0 Å². The highest BCUT2D eigenvalue weighted by molar-refractivity contribution is 5.97. The average molecular weight is 346 g/mol. The summed E-state index contributed by atoms with van der Waals surface area (Å²) in [6.45, 7) is 2.81. The van der Waals surface area contributed by atoms with Gasteiger partial charge in [0, 0.05) is 6.07 Å². The second-order valence-electron chi connectivity index (χ2n) is 5.35. The molecule has 0 radical (unpaired) electrons. The van der Waals surface area contributed by atoms with E-state index in [0.29, 0.717) is 5.56 Å². The molecule has 0 bridgehead atoms. The number of esters is 1. The lowest BCUT2D eigenvalue weighted by Gasteiger charge is -2.09. The van der Waals surface area contributed by atoms with Crippen molar-refractivity contribution in [2.45, 2.75) is 13.8 Å². The number of carbonyl (C=O) groups is 2. The van der Waals surface area contributed by atoms with E-state index in [1.807, 2.05) is 0 Å². The Kier molecular flexibility index (Phi) is 5.43. The van der Waals surface area contributed by atoms with Crippen molar-refractivity contribution >= 4 is 23.3 Å². The van der Waals surface area contributed by atoms with Gasteiger partial charge in [-0.2, -0.15) is 0 Å². The van der Waals surface area contributed by atoms with E-state index >= 15 is 0 Å². The molecule has 0 unspecified atom stereocenters. The van der Waals surface area contributed by atoms with E-state index in [-0.39, 0.29) is 16.9 Å². The van der Waals surface area contributed by atoms with Crippen molar-refractivity contribution < 1.29 is 23.6 Å². The first-order valence-electron chi connectivity index (χ1n) is 7.26. The maximum Gasteiger partial charge on any atom is 0.338 e. The number of amides is 1. The molecule has 0 spiro atoms. The zero-order valence-corrected chi connectivity index (χ0v) is 13.5. The summed E-state index contributed by atoms with van der Waals surface area (Å²) in [4.78, 5) is 34.1. The van der Waals surface area contributed by atoms with Crippen LogP contribution in [0.25, 0.3) is 0 Å². The van der Waals surface area contributed by atoms with Crippen molar-refractivity contribution in [1.82, 2.24) is 0 Å². The quantitative estimate of drug-likeness (QED) is 0.509. The second-order valence-corrected chi connectivity index (χ2v) is 5.35. The number of nitrogens with zero attached hydrogens (tertiary/aromatic N) is 1. The van der Waals surface area contributed by atoms with Crippen LogP contribution in [0.2, 0.25) is 0 Å². The van der Waals surface area contributed by atoms with E-state index in [1.165, 1.54) is 30.3 Å². The summed E-state index contributed by atoms with van der Waals surface area (Å²) in [5.74, 6) is -2.22. The molecule has 0 saturated heterocycles. The van der Waals surface area contributed by atoms with Crippen LogP contribution in [0.3, 0.4) is 0 Å². The number of anilines is 1. The average Bonchev–Trinajstić information content (AvgIpc) is 2.55. The van der Waals surface area contributed by atoms with Gasteiger partial charge in [-0.15, -0.1) is 0 Å². The predicted octanol–water partition coefficient (Wildman–Crippen LogP) is 3.15. The van der Waals surface area contributed by atoms with E-state index in [0.717, 1.165) is 11.6 Å². The number of nitro benzene ring substituents is 1. The van der Waals surface area contributed by atoms with Crippen LogP contribution >= 0.6 is 0 Å². The van der Waals surface area contributed by atoms with Gasteiger partial charge in [0.2, 0.25) is 0 Å². The summed E-state index contributed by atoms with van der Waals surface area (Å²) in [5, 5.41) is 13.4. The van der Waals surface area contributed by atoms with E-state index < -0.39 is 29.2 Å². The minimum Gasteiger partial charge on any atom is -0.452 e. The Hall–Kier alpha value is -3.29. The second kappa shape index (κ2) is 7.52. The molecule has 0 aliphatic heterocycles. The zero-order chi connectivity index (χ0) is 18.6. The van der Waals surface area contributed by atoms with Crippen molar-refractivity contribution in [3.63, 3.8) is 0 Å². The van der Waals surface area contributed by atoms with Crippen LogP contribution in [-0.2, 0) is 9.53 Å². The van der Waals surface area contributed by atoms with Gasteiger partial charge in [0.05, 0.1) is 10.5 Å². The van der Waals surface area contributed by atoms with Crippen molar-refractivity contribution in [3.05, 3.63) is 69.0 Å². The van der Waals surface area contributed by atoms with Crippen molar-refractivity contribution in [2.24, 2.45) is 0 Å². The number of nitrogens with one attached hydrogen (secondary N) is 1. The molecule has 0 saturated carbocycles. The Morgan fingerprint density at radius 2 is 1.88 bits per heavy atom. The zero-order valence-electron chi connectivity index (χ0n) is 13.5. The largest absolute Gasteiger partial charge is 0.452 e. The minimum atomic E-state index is -0.871. The standard InChI is InChI=1S/C17H15FN2O5/c1-10-6-14(15(20(23)24)7-11(10)2)19-16(21)9-25-17(22)12-4-3-5-13(18)8-12/h3-8H,9H2,1-2H3,(H,19,21). The summed E-state index contributed by atoms with van der Waals surface area (Å²) in [6.07, 6.45) is 0. The fourth-order valence-corrected chi connectivity index (χ4v) is 2.07. The van der Waals surface area contributed by atoms with E-state index in [4.69, 9.17) is 4.74 Å². The minimum absolute atomic E-state index is 0.0138. The molecule has 130 valence electrons. The number of rotatable bonds is 5. The highest BCUT2D eigenvalue weighted by Gasteiger charge is 2.18. The molecule has 0 fully saturated rings. The summed E-state index contributed by atoms with van der Waals surface area (Å²) in [6, 6.07) is 7.65. The number of hydrogen-bond acceptors (Lipinski definition) is 5. The molecule has 0 aromatic heterocycles. The number of hydrogen-bond donors (Lipinski definition) is 1. The molecule has 1 amide bonds. The molecule has 25 heavy (non-hydrogen) atoms. The lowest BCUT2D eigenvalue weighted by Crippen LogP contribution is -2.21. The predicted molar refractivity (Wildman–Crippen MR) is 87.9 cm³/mol. The summed E-state index contributed by atoms with van der Waals surface area (Å²) < 4.78 is 17.8. The van der Waals surface area contributed by atoms with Gasteiger partial charge in [0.15, 0.2) is 6.61 Å². The molecule has 2 rings (SSSR count). The molecule has 1 N–H and O–H groups in total. The molecule has 2 aromatic rings. The maximum absolute atomic E-state index is 13.1. The third kappa shape index (κ3) is 4.60. The smallest absolute Gasteiger partial charge is 0.338 e. The Balaban J connectivity index is 2.04. The van der Waals surface area contributed by atoms with Crippen LogP contribution in [0.1, 0.15) is 21.5 Å². The molecule has 0 aliphatic carbocycles. The Morgan fingerprint density at radius 1 is 1.20 bits per heavy atom. The third-order valence-electron chi connectivity index (χ3n) is 3.48. The van der Waals surface area contributed by atoms with Crippen LogP contribution in [-0.4, -0.2) is 23.4 Å². The van der Waals surface area contributed by atoms with Crippen LogP contribution in [0.5, 0.6) is 0 Å².